The van der Waals surface area contributed by atoms with Crippen LogP contribution >= 0.6 is 0 Å². The summed E-state index contributed by atoms with van der Waals surface area (Å²) in [6.07, 6.45) is 1.18. The van der Waals surface area contributed by atoms with Gasteiger partial charge in [0.1, 0.15) is 22.5 Å². The molecule has 0 aliphatic rings. The molecule has 0 bridgehead atoms. The molecule has 23 heavy (non-hydrogen) atoms. The van der Waals surface area contributed by atoms with Crippen LogP contribution in [0, 0.1) is 0 Å². The Hall–Kier alpha value is -2.09. The molecule has 1 aromatic carbocycles. The normalized spacial score (nSPS) is 12.4. The third-order valence-corrected chi connectivity index (χ3v) is 4.09. The Morgan fingerprint density at radius 1 is 1.22 bits per heavy atom. The Morgan fingerprint density at radius 3 is 2.43 bits per heavy atom. The number of hydrogen-bond donors (Lipinski definition) is 2. The van der Waals surface area contributed by atoms with Gasteiger partial charge < -0.3 is 15.2 Å². The minimum Gasteiger partial charge on any atom is -0.480 e. The largest absolute Gasteiger partial charge is 0.480 e. The molecule has 0 aliphatic heterocycles. The van der Waals surface area contributed by atoms with Crippen molar-refractivity contribution in [1.82, 2.24) is 5.32 Å². The second kappa shape index (κ2) is 9.14. The summed E-state index contributed by atoms with van der Waals surface area (Å²) in [5.74, 6) is -1.18. The first-order valence-electron chi connectivity index (χ1n) is 7.15. The van der Waals surface area contributed by atoms with Gasteiger partial charge in [0, 0.05) is 12.0 Å². The number of unbranched alkanes of at least 4 members (excludes halogenated alkanes) is 1. The highest BCUT2D eigenvalue weighted by molar-refractivity contribution is 7.90. The summed E-state index contributed by atoms with van der Waals surface area (Å²) in [7, 11) is -3.06. The average Bonchev–Trinajstić information content (AvgIpc) is 2.48. The van der Waals surface area contributed by atoms with Gasteiger partial charge in [-0.1, -0.05) is 30.3 Å². The minimum atomic E-state index is -3.06. The van der Waals surface area contributed by atoms with Crippen LogP contribution in [-0.2, 0) is 26.0 Å². The van der Waals surface area contributed by atoms with Crippen LogP contribution in [0.1, 0.15) is 24.8 Å². The van der Waals surface area contributed by atoms with E-state index in [0.29, 0.717) is 12.8 Å². The van der Waals surface area contributed by atoms with Crippen LogP contribution in [0.2, 0.25) is 0 Å². The zero-order valence-electron chi connectivity index (χ0n) is 12.9. The number of carboxylic acids is 1. The van der Waals surface area contributed by atoms with E-state index >= 15 is 0 Å². The molecule has 0 saturated carbocycles. The molecule has 1 amide bonds. The Balaban J connectivity index is 2.36. The first-order chi connectivity index (χ1) is 10.8. The number of sulfone groups is 1. The fourth-order valence-electron chi connectivity index (χ4n) is 1.88. The third-order valence-electron chi connectivity index (χ3n) is 3.06. The van der Waals surface area contributed by atoms with Gasteiger partial charge in [-0.3, -0.25) is 0 Å². The number of amides is 1. The molecular formula is C15H21NO6S. The Labute approximate surface area is 135 Å². The number of hydrogen-bond acceptors (Lipinski definition) is 5. The first kappa shape index (κ1) is 19.0. The van der Waals surface area contributed by atoms with Gasteiger partial charge in [-0.25, -0.2) is 18.0 Å². The number of rotatable bonds is 9. The fraction of sp³-hybridized carbons (Fsp3) is 0.467. The van der Waals surface area contributed by atoms with Crippen LogP contribution in [0.5, 0.6) is 0 Å². The number of carbonyl (C=O) groups excluding carboxylic acids is 1. The summed E-state index contributed by atoms with van der Waals surface area (Å²) < 4.78 is 27.0. The molecule has 1 atom stereocenters. The maximum Gasteiger partial charge on any atom is 0.408 e. The number of alkyl carbamates (subject to hydrolysis) is 1. The van der Waals surface area contributed by atoms with Gasteiger partial charge in [0.2, 0.25) is 0 Å². The van der Waals surface area contributed by atoms with Gasteiger partial charge in [-0.05, 0) is 24.8 Å². The van der Waals surface area contributed by atoms with Crippen LogP contribution in [0.25, 0.3) is 0 Å². The maximum atomic E-state index is 11.6. The minimum absolute atomic E-state index is 0.00219. The van der Waals surface area contributed by atoms with Crippen molar-refractivity contribution in [2.45, 2.75) is 31.9 Å². The molecule has 1 unspecified atom stereocenters. The average molecular weight is 343 g/mol. The molecule has 8 heteroatoms. The zero-order valence-corrected chi connectivity index (χ0v) is 13.7. The van der Waals surface area contributed by atoms with Gasteiger partial charge in [-0.15, -0.1) is 0 Å². The maximum absolute atomic E-state index is 11.6. The van der Waals surface area contributed by atoms with Crippen molar-refractivity contribution in [2.75, 3.05) is 12.0 Å². The monoisotopic (exact) mass is 343 g/mol. The standard InChI is InChI=1S/C15H21NO6S/c1-23(20,21)10-6-5-9-13(14(17)18)16-15(19)22-11-12-7-3-2-4-8-12/h2-4,7-8,13H,5-6,9-11H2,1H3,(H,16,19)(H,17,18). The number of nitrogens with one attached hydrogen (secondary N) is 1. The zero-order chi connectivity index (χ0) is 17.3. The van der Waals surface area contributed by atoms with E-state index in [4.69, 9.17) is 9.84 Å². The van der Waals surface area contributed by atoms with E-state index in [1.165, 1.54) is 0 Å². The lowest BCUT2D eigenvalue weighted by atomic mass is 10.1. The summed E-state index contributed by atoms with van der Waals surface area (Å²) in [6.45, 7) is 0.0487. The smallest absolute Gasteiger partial charge is 0.408 e. The van der Waals surface area contributed by atoms with Crippen molar-refractivity contribution in [2.24, 2.45) is 0 Å². The molecule has 128 valence electrons. The first-order valence-corrected chi connectivity index (χ1v) is 9.22. The number of carbonyl (C=O) groups is 2. The van der Waals surface area contributed by atoms with Crippen molar-refractivity contribution < 1.29 is 27.9 Å². The van der Waals surface area contributed by atoms with Crippen LogP contribution in [0.4, 0.5) is 4.79 Å². The topological polar surface area (TPSA) is 110 Å². The second-order valence-electron chi connectivity index (χ2n) is 5.22. The van der Waals surface area contributed by atoms with Gasteiger partial charge in [0.15, 0.2) is 0 Å². The number of benzene rings is 1. The Kier molecular flexibility index (Phi) is 7.53. The number of aliphatic carboxylic acids is 1. The molecule has 0 heterocycles. The summed E-state index contributed by atoms with van der Waals surface area (Å²) in [5, 5.41) is 11.4. The number of ether oxygens (including phenoxy) is 1. The lowest BCUT2D eigenvalue weighted by Crippen LogP contribution is -2.41. The van der Waals surface area contributed by atoms with Crippen molar-refractivity contribution in [3.8, 4) is 0 Å². The summed E-state index contributed by atoms with van der Waals surface area (Å²) >= 11 is 0. The molecule has 0 fully saturated rings. The Bertz CT molecular complexity index is 614. The van der Waals surface area contributed by atoms with Gasteiger partial charge in [0.25, 0.3) is 0 Å². The molecule has 0 saturated heterocycles. The highest BCUT2D eigenvalue weighted by atomic mass is 32.2. The van der Waals surface area contributed by atoms with E-state index in [9.17, 15) is 18.0 Å². The predicted octanol–water partition coefficient (Wildman–Crippen LogP) is 1.58. The molecule has 0 aliphatic carbocycles. The summed E-state index contributed by atoms with van der Waals surface area (Å²) in [5.41, 5.74) is 0.794. The van der Waals surface area contributed by atoms with Crippen molar-refractivity contribution in [3.63, 3.8) is 0 Å². The van der Waals surface area contributed by atoms with Crippen LogP contribution < -0.4 is 5.32 Å². The molecule has 7 nitrogen and oxygen atoms in total. The molecule has 0 spiro atoms. The number of carboxylic acid groups (broad SMARTS) is 1. The van der Waals surface area contributed by atoms with Gasteiger partial charge in [-0.2, -0.15) is 0 Å². The van der Waals surface area contributed by atoms with Crippen molar-refractivity contribution in [1.29, 1.82) is 0 Å². The van der Waals surface area contributed by atoms with Crippen LogP contribution in [-0.4, -0.2) is 43.6 Å². The van der Waals surface area contributed by atoms with E-state index < -0.39 is 27.9 Å². The van der Waals surface area contributed by atoms with E-state index in [1.807, 2.05) is 6.07 Å². The third kappa shape index (κ3) is 8.82. The van der Waals surface area contributed by atoms with Crippen LogP contribution in [0.3, 0.4) is 0 Å². The van der Waals surface area contributed by atoms with Crippen molar-refractivity contribution >= 4 is 21.9 Å². The lowest BCUT2D eigenvalue weighted by molar-refractivity contribution is -0.139. The van der Waals surface area contributed by atoms with Crippen LogP contribution in [0.15, 0.2) is 30.3 Å². The summed E-state index contributed by atoms with van der Waals surface area (Å²) in [6, 6.07) is 7.91. The molecule has 0 aromatic heterocycles. The predicted molar refractivity (Wildman–Crippen MR) is 84.7 cm³/mol. The molecular weight excluding hydrogens is 322 g/mol. The quantitative estimate of drug-likeness (QED) is 0.659. The second-order valence-corrected chi connectivity index (χ2v) is 7.48. The molecule has 1 rings (SSSR count). The molecule has 2 N–H and O–H groups in total. The van der Waals surface area contributed by atoms with Gasteiger partial charge >= 0.3 is 12.1 Å². The van der Waals surface area contributed by atoms with Crippen molar-refractivity contribution in [3.05, 3.63) is 35.9 Å². The fourth-order valence-corrected chi connectivity index (χ4v) is 2.61. The van der Waals surface area contributed by atoms with E-state index in [1.54, 1.807) is 24.3 Å². The summed E-state index contributed by atoms with van der Waals surface area (Å²) in [4.78, 5) is 22.7. The SMILES string of the molecule is CS(=O)(=O)CCCCC(NC(=O)OCc1ccccc1)C(=O)O. The Morgan fingerprint density at radius 2 is 1.87 bits per heavy atom. The highest BCUT2D eigenvalue weighted by Crippen LogP contribution is 2.05. The highest BCUT2D eigenvalue weighted by Gasteiger charge is 2.20. The van der Waals surface area contributed by atoms with E-state index in [-0.39, 0.29) is 18.8 Å². The van der Waals surface area contributed by atoms with E-state index in [0.717, 1.165) is 11.8 Å². The lowest BCUT2D eigenvalue weighted by Gasteiger charge is -2.14. The molecule has 1 aromatic rings. The van der Waals surface area contributed by atoms with E-state index in [2.05, 4.69) is 5.32 Å². The molecule has 0 radical (unpaired) electrons. The van der Waals surface area contributed by atoms with Gasteiger partial charge in [0.05, 0.1) is 0 Å².